The van der Waals surface area contributed by atoms with Crippen molar-refractivity contribution in [1.82, 2.24) is 10.2 Å². The molecule has 0 spiro atoms. The molecule has 3 atom stereocenters. The molecule has 0 saturated carbocycles. The van der Waals surface area contributed by atoms with Gasteiger partial charge in [-0.2, -0.15) is 0 Å². The fourth-order valence-electron chi connectivity index (χ4n) is 2.78. The smallest absolute Gasteiger partial charge is 0.225 e. The second kappa shape index (κ2) is 5.83. The molecule has 0 aromatic carbocycles. The molecule has 0 aliphatic carbocycles. The Bertz CT molecular complexity index is 270. The minimum Gasteiger partial charge on any atom is -0.375 e. The molecule has 2 aliphatic rings. The van der Waals surface area contributed by atoms with Crippen LogP contribution in [0.4, 0.5) is 0 Å². The molecule has 2 saturated heterocycles. The third-order valence-corrected chi connectivity index (χ3v) is 3.88. The number of hydrogen-bond acceptors (Lipinski definition) is 3. The Labute approximate surface area is 104 Å². The van der Waals surface area contributed by atoms with Crippen LogP contribution in [0.5, 0.6) is 0 Å². The van der Waals surface area contributed by atoms with Gasteiger partial charge in [0.25, 0.3) is 0 Å². The standard InChI is InChI=1S/C13H24N2O2/c1-3-12-9-15(6-7-17-12)13(16)11-4-5-14-10(2)8-11/h10-12,14H,3-9H2,1-2H3/t10-,11-,12?/m0/s1. The SMILES string of the molecule is CCC1CN(C(=O)[C@H]2CCN[C@@H](C)C2)CCO1. The fraction of sp³-hybridized carbons (Fsp3) is 0.923. The predicted octanol–water partition coefficient (Wildman–Crippen LogP) is 1.01. The van der Waals surface area contributed by atoms with E-state index >= 15 is 0 Å². The average Bonchev–Trinajstić information content (AvgIpc) is 2.38. The van der Waals surface area contributed by atoms with Crippen molar-refractivity contribution >= 4 is 5.91 Å². The number of carbonyl (C=O) groups excluding carboxylic acids is 1. The molecular formula is C13H24N2O2. The van der Waals surface area contributed by atoms with E-state index in [1.165, 1.54) is 0 Å². The van der Waals surface area contributed by atoms with Crippen molar-refractivity contribution < 1.29 is 9.53 Å². The summed E-state index contributed by atoms with van der Waals surface area (Å²) in [5.74, 6) is 0.571. The van der Waals surface area contributed by atoms with Crippen LogP contribution in [0.1, 0.15) is 33.1 Å². The fourth-order valence-corrected chi connectivity index (χ4v) is 2.78. The van der Waals surface area contributed by atoms with Gasteiger partial charge >= 0.3 is 0 Å². The zero-order chi connectivity index (χ0) is 12.3. The van der Waals surface area contributed by atoms with Gasteiger partial charge < -0.3 is 15.0 Å². The van der Waals surface area contributed by atoms with Crippen LogP contribution in [0.25, 0.3) is 0 Å². The van der Waals surface area contributed by atoms with Crippen LogP contribution < -0.4 is 5.32 Å². The van der Waals surface area contributed by atoms with E-state index in [-0.39, 0.29) is 12.0 Å². The Kier molecular flexibility index (Phi) is 4.40. The molecule has 1 amide bonds. The maximum absolute atomic E-state index is 12.4. The normalized spacial score (nSPS) is 34.7. The number of ether oxygens (including phenoxy) is 1. The highest BCUT2D eigenvalue weighted by Crippen LogP contribution is 2.20. The molecule has 98 valence electrons. The third-order valence-electron chi connectivity index (χ3n) is 3.88. The Balaban J connectivity index is 1.89. The van der Waals surface area contributed by atoms with E-state index in [0.717, 1.165) is 38.9 Å². The van der Waals surface area contributed by atoms with Crippen LogP contribution in [0.3, 0.4) is 0 Å². The summed E-state index contributed by atoms with van der Waals surface area (Å²) in [5.41, 5.74) is 0. The summed E-state index contributed by atoms with van der Waals surface area (Å²) >= 11 is 0. The first kappa shape index (κ1) is 12.8. The topological polar surface area (TPSA) is 41.6 Å². The van der Waals surface area contributed by atoms with Crippen molar-refractivity contribution in [2.24, 2.45) is 5.92 Å². The molecule has 1 unspecified atom stereocenters. The summed E-state index contributed by atoms with van der Waals surface area (Å²) in [6.45, 7) is 7.50. The van der Waals surface area contributed by atoms with E-state index in [4.69, 9.17) is 4.74 Å². The van der Waals surface area contributed by atoms with E-state index < -0.39 is 0 Å². The Hall–Kier alpha value is -0.610. The number of nitrogens with zero attached hydrogens (tertiary/aromatic N) is 1. The molecular weight excluding hydrogens is 216 g/mol. The van der Waals surface area contributed by atoms with Gasteiger partial charge in [-0.1, -0.05) is 6.92 Å². The van der Waals surface area contributed by atoms with E-state index in [9.17, 15) is 4.79 Å². The first-order valence-corrected chi connectivity index (χ1v) is 6.84. The number of rotatable bonds is 2. The van der Waals surface area contributed by atoms with Crippen LogP contribution in [0, 0.1) is 5.92 Å². The molecule has 2 aliphatic heterocycles. The zero-order valence-electron chi connectivity index (χ0n) is 10.9. The maximum atomic E-state index is 12.4. The van der Waals surface area contributed by atoms with Gasteiger partial charge in [0, 0.05) is 25.0 Å². The van der Waals surface area contributed by atoms with Gasteiger partial charge in [-0.05, 0) is 32.7 Å². The van der Waals surface area contributed by atoms with Crippen molar-refractivity contribution in [1.29, 1.82) is 0 Å². The van der Waals surface area contributed by atoms with Crippen molar-refractivity contribution in [3.63, 3.8) is 0 Å². The minimum atomic E-state index is 0.224. The molecule has 1 N–H and O–H groups in total. The van der Waals surface area contributed by atoms with Gasteiger partial charge in [0.1, 0.15) is 0 Å². The monoisotopic (exact) mass is 240 g/mol. The summed E-state index contributed by atoms with van der Waals surface area (Å²) in [5, 5.41) is 3.39. The number of carbonyl (C=O) groups is 1. The first-order chi connectivity index (χ1) is 8.20. The number of hydrogen-bond donors (Lipinski definition) is 1. The number of piperidine rings is 1. The molecule has 0 aromatic rings. The van der Waals surface area contributed by atoms with E-state index in [0.29, 0.717) is 18.6 Å². The summed E-state index contributed by atoms with van der Waals surface area (Å²) < 4.78 is 5.61. The van der Waals surface area contributed by atoms with Gasteiger partial charge in [0.05, 0.1) is 12.7 Å². The second-order valence-electron chi connectivity index (χ2n) is 5.26. The van der Waals surface area contributed by atoms with Crippen molar-refractivity contribution in [2.75, 3.05) is 26.2 Å². The highest BCUT2D eigenvalue weighted by atomic mass is 16.5. The Morgan fingerprint density at radius 3 is 3.06 bits per heavy atom. The highest BCUT2D eigenvalue weighted by Gasteiger charge is 2.31. The summed E-state index contributed by atoms with van der Waals surface area (Å²) in [4.78, 5) is 14.4. The lowest BCUT2D eigenvalue weighted by molar-refractivity contribution is -0.144. The van der Waals surface area contributed by atoms with E-state index in [1.54, 1.807) is 0 Å². The summed E-state index contributed by atoms with van der Waals surface area (Å²) in [7, 11) is 0. The molecule has 2 rings (SSSR count). The summed E-state index contributed by atoms with van der Waals surface area (Å²) in [6.07, 6.45) is 3.20. The first-order valence-electron chi connectivity index (χ1n) is 6.84. The van der Waals surface area contributed by atoms with Gasteiger partial charge in [-0.3, -0.25) is 4.79 Å². The van der Waals surface area contributed by atoms with Crippen molar-refractivity contribution in [3.8, 4) is 0 Å². The van der Waals surface area contributed by atoms with Gasteiger partial charge in [-0.25, -0.2) is 0 Å². The molecule has 4 heteroatoms. The minimum absolute atomic E-state index is 0.224. The van der Waals surface area contributed by atoms with Gasteiger partial charge in [-0.15, -0.1) is 0 Å². The van der Waals surface area contributed by atoms with Crippen molar-refractivity contribution in [3.05, 3.63) is 0 Å². The lowest BCUT2D eigenvalue weighted by atomic mass is 9.91. The number of morpholine rings is 1. The predicted molar refractivity (Wildman–Crippen MR) is 66.8 cm³/mol. The van der Waals surface area contributed by atoms with Gasteiger partial charge in [0.2, 0.25) is 5.91 Å². The second-order valence-corrected chi connectivity index (χ2v) is 5.26. The van der Waals surface area contributed by atoms with Crippen LogP contribution in [0.2, 0.25) is 0 Å². The van der Waals surface area contributed by atoms with Crippen LogP contribution in [-0.4, -0.2) is 49.2 Å². The maximum Gasteiger partial charge on any atom is 0.225 e. The summed E-state index contributed by atoms with van der Waals surface area (Å²) in [6, 6.07) is 0.473. The average molecular weight is 240 g/mol. The molecule has 2 heterocycles. The number of amides is 1. The quantitative estimate of drug-likeness (QED) is 0.783. The molecule has 0 aromatic heterocycles. The molecule has 4 nitrogen and oxygen atoms in total. The van der Waals surface area contributed by atoms with Crippen LogP contribution in [0.15, 0.2) is 0 Å². The number of nitrogens with one attached hydrogen (secondary N) is 1. The van der Waals surface area contributed by atoms with E-state index in [2.05, 4.69) is 19.2 Å². The van der Waals surface area contributed by atoms with E-state index in [1.807, 2.05) is 4.90 Å². The van der Waals surface area contributed by atoms with Gasteiger partial charge in [0.15, 0.2) is 0 Å². The van der Waals surface area contributed by atoms with Crippen LogP contribution >= 0.6 is 0 Å². The van der Waals surface area contributed by atoms with Crippen LogP contribution in [-0.2, 0) is 9.53 Å². The lowest BCUT2D eigenvalue weighted by Crippen LogP contribution is -2.50. The lowest BCUT2D eigenvalue weighted by Gasteiger charge is -2.36. The highest BCUT2D eigenvalue weighted by molar-refractivity contribution is 5.79. The molecule has 2 fully saturated rings. The zero-order valence-corrected chi connectivity index (χ0v) is 10.9. The molecule has 0 radical (unpaired) electrons. The molecule has 17 heavy (non-hydrogen) atoms. The third kappa shape index (κ3) is 3.19. The Morgan fingerprint density at radius 2 is 2.35 bits per heavy atom. The van der Waals surface area contributed by atoms with Crippen molar-refractivity contribution in [2.45, 2.75) is 45.3 Å². The Morgan fingerprint density at radius 1 is 1.53 bits per heavy atom. The largest absolute Gasteiger partial charge is 0.375 e. The molecule has 0 bridgehead atoms.